The Morgan fingerprint density at radius 1 is 1.27 bits per heavy atom. The van der Waals surface area contributed by atoms with Crippen LogP contribution in [0.5, 0.6) is 0 Å². The molecule has 0 saturated carbocycles. The molecule has 3 heterocycles. The van der Waals surface area contributed by atoms with Gasteiger partial charge in [-0.3, -0.25) is 18.3 Å². The Kier molecular flexibility index (Phi) is 3.23. The molecule has 0 bridgehead atoms. The van der Waals surface area contributed by atoms with Crippen LogP contribution in [0, 0.1) is 6.92 Å². The summed E-state index contributed by atoms with van der Waals surface area (Å²) in [6, 6.07) is 0.278. The fourth-order valence-electron chi connectivity index (χ4n) is 3.03. The highest BCUT2D eigenvalue weighted by Crippen LogP contribution is 2.21. The number of rotatable bonds is 3. The molecule has 0 unspecified atom stereocenters. The number of aryl methyl sites for hydroxylation is 2. The van der Waals surface area contributed by atoms with Gasteiger partial charge in [0.1, 0.15) is 0 Å². The molecule has 7 heteroatoms. The Labute approximate surface area is 127 Å². The van der Waals surface area contributed by atoms with E-state index in [0.29, 0.717) is 23.5 Å². The van der Waals surface area contributed by atoms with Crippen molar-refractivity contribution in [3.05, 3.63) is 32.7 Å². The molecule has 0 amide bonds. The van der Waals surface area contributed by atoms with Crippen LogP contribution in [-0.4, -0.2) is 23.1 Å². The first kappa shape index (κ1) is 14.6. The van der Waals surface area contributed by atoms with Crippen LogP contribution < -0.4 is 11.2 Å². The first-order valence-electron chi connectivity index (χ1n) is 7.61. The average molecular weight is 303 g/mol. The molecule has 0 N–H and O–H groups in total. The van der Waals surface area contributed by atoms with Gasteiger partial charge in [-0.2, -0.15) is 4.98 Å². The van der Waals surface area contributed by atoms with Gasteiger partial charge in [-0.05, 0) is 27.2 Å². The highest BCUT2D eigenvalue weighted by Gasteiger charge is 2.20. The quantitative estimate of drug-likeness (QED) is 0.735. The predicted octanol–water partition coefficient (Wildman–Crippen LogP) is 1.45. The lowest BCUT2D eigenvalue weighted by Crippen LogP contribution is -2.38. The number of aromatic nitrogens is 5. The molecule has 1 atom stereocenters. The monoisotopic (exact) mass is 303 g/mol. The van der Waals surface area contributed by atoms with E-state index in [2.05, 4.69) is 23.4 Å². The molecule has 0 spiro atoms. The standard InChI is InChI=1S/C15H21N5O2/c1-6-9(3)20-10(4)8-19-11-12(16-14(19)20)17(5)15(22)18(7-2)13(11)21/h8-9H,6-7H2,1-5H3/t9-/m1/s1. The molecule has 3 rings (SSSR count). The predicted molar refractivity (Wildman–Crippen MR) is 85.6 cm³/mol. The minimum Gasteiger partial charge on any atom is -0.311 e. The minimum atomic E-state index is -0.326. The van der Waals surface area contributed by atoms with E-state index in [1.165, 1.54) is 9.13 Å². The third-order valence-corrected chi connectivity index (χ3v) is 4.42. The van der Waals surface area contributed by atoms with Gasteiger partial charge in [0.2, 0.25) is 5.78 Å². The summed E-state index contributed by atoms with van der Waals surface area (Å²) in [6.45, 7) is 8.38. The van der Waals surface area contributed by atoms with Crippen molar-refractivity contribution in [2.45, 2.75) is 46.7 Å². The van der Waals surface area contributed by atoms with Gasteiger partial charge < -0.3 is 4.57 Å². The van der Waals surface area contributed by atoms with Gasteiger partial charge in [0, 0.05) is 31.5 Å². The van der Waals surface area contributed by atoms with Crippen molar-refractivity contribution >= 4 is 16.9 Å². The molecule has 0 radical (unpaired) electrons. The number of hydrogen-bond acceptors (Lipinski definition) is 3. The second-order valence-corrected chi connectivity index (χ2v) is 5.74. The fourth-order valence-corrected chi connectivity index (χ4v) is 3.03. The molecule has 3 aromatic heterocycles. The van der Waals surface area contributed by atoms with Crippen molar-refractivity contribution in [2.75, 3.05) is 0 Å². The lowest BCUT2D eigenvalue weighted by atomic mass is 10.2. The molecule has 118 valence electrons. The topological polar surface area (TPSA) is 66.2 Å². The number of hydrogen-bond donors (Lipinski definition) is 0. The van der Waals surface area contributed by atoms with E-state index < -0.39 is 0 Å². The first-order chi connectivity index (χ1) is 10.4. The smallest absolute Gasteiger partial charge is 0.311 e. The maximum atomic E-state index is 12.6. The van der Waals surface area contributed by atoms with Crippen molar-refractivity contribution < 1.29 is 0 Å². The minimum absolute atomic E-state index is 0.278. The maximum Gasteiger partial charge on any atom is 0.332 e. The van der Waals surface area contributed by atoms with Crippen molar-refractivity contribution in [1.82, 2.24) is 23.1 Å². The van der Waals surface area contributed by atoms with Crippen molar-refractivity contribution in [3.63, 3.8) is 0 Å². The lowest BCUT2D eigenvalue weighted by Gasteiger charge is -2.12. The van der Waals surface area contributed by atoms with Gasteiger partial charge in [-0.1, -0.05) is 6.92 Å². The SMILES string of the molecule is CC[C@@H](C)n1c(C)cn2c3c(=O)n(CC)c(=O)n(C)c3nc12. The third-order valence-electron chi connectivity index (χ3n) is 4.42. The van der Waals surface area contributed by atoms with E-state index in [4.69, 9.17) is 0 Å². The van der Waals surface area contributed by atoms with Gasteiger partial charge in [0.25, 0.3) is 5.56 Å². The van der Waals surface area contributed by atoms with E-state index in [0.717, 1.165) is 12.1 Å². The highest BCUT2D eigenvalue weighted by molar-refractivity contribution is 5.75. The Bertz CT molecular complexity index is 986. The second kappa shape index (κ2) is 4.86. The first-order valence-corrected chi connectivity index (χ1v) is 7.61. The molecule has 0 aliphatic heterocycles. The number of nitrogens with zero attached hydrogens (tertiary/aromatic N) is 5. The molecule has 0 fully saturated rings. The summed E-state index contributed by atoms with van der Waals surface area (Å²) in [4.78, 5) is 29.5. The second-order valence-electron chi connectivity index (χ2n) is 5.74. The zero-order chi connectivity index (χ0) is 16.2. The summed E-state index contributed by atoms with van der Waals surface area (Å²) in [5.41, 5.74) is 1.34. The highest BCUT2D eigenvalue weighted by atomic mass is 16.2. The van der Waals surface area contributed by atoms with Gasteiger partial charge in [0.15, 0.2) is 11.2 Å². The molecule has 0 aliphatic rings. The van der Waals surface area contributed by atoms with Crippen molar-refractivity contribution in [1.29, 1.82) is 0 Å². The van der Waals surface area contributed by atoms with E-state index in [9.17, 15) is 9.59 Å². The molecule has 7 nitrogen and oxygen atoms in total. The zero-order valence-corrected chi connectivity index (χ0v) is 13.6. The van der Waals surface area contributed by atoms with Crippen LogP contribution in [0.15, 0.2) is 15.8 Å². The number of fused-ring (bicyclic) bond motifs is 3. The van der Waals surface area contributed by atoms with E-state index in [1.807, 2.05) is 17.5 Å². The van der Waals surface area contributed by atoms with E-state index >= 15 is 0 Å². The van der Waals surface area contributed by atoms with Gasteiger partial charge in [-0.15, -0.1) is 0 Å². The van der Waals surface area contributed by atoms with Gasteiger partial charge >= 0.3 is 5.69 Å². The molecule has 0 aromatic carbocycles. The van der Waals surface area contributed by atoms with Crippen LogP contribution in [-0.2, 0) is 13.6 Å². The lowest BCUT2D eigenvalue weighted by molar-refractivity contribution is 0.532. The fraction of sp³-hybridized carbons (Fsp3) is 0.533. The third kappa shape index (κ3) is 1.71. The van der Waals surface area contributed by atoms with Gasteiger partial charge in [0.05, 0.1) is 0 Å². The molecular formula is C15H21N5O2. The summed E-state index contributed by atoms with van der Waals surface area (Å²) in [5.74, 6) is 0.711. The number of imidazole rings is 2. The molecule has 22 heavy (non-hydrogen) atoms. The maximum absolute atomic E-state index is 12.6. The normalized spacial score (nSPS) is 13.3. The largest absolute Gasteiger partial charge is 0.332 e. The Hall–Kier alpha value is -2.31. The summed E-state index contributed by atoms with van der Waals surface area (Å²) >= 11 is 0. The summed E-state index contributed by atoms with van der Waals surface area (Å²) in [7, 11) is 1.66. The Balaban J connectivity index is 2.55. The molecule has 3 aromatic rings. The van der Waals surface area contributed by atoms with Crippen molar-refractivity contribution in [3.8, 4) is 0 Å². The van der Waals surface area contributed by atoms with Crippen LogP contribution >= 0.6 is 0 Å². The van der Waals surface area contributed by atoms with Crippen LogP contribution in [0.25, 0.3) is 16.9 Å². The van der Waals surface area contributed by atoms with Gasteiger partial charge in [-0.25, -0.2) is 4.79 Å². The molecule has 0 saturated heterocycles. The average Bonchev–Trinajstić information content (AvgIpc) is 2.99. The molecular weight excluding hydrogens is 282 g/mol. The summed E-state index contributed by atoms with van der Waals surface area (Å²) in [5, 5.41) is 0. The Morgan fingerprint density at radius 3 is 2.55 bits per heavy atom. The zero-order valence-electron chi connectivity index (χ0n) is 13.6. The van der Waals surface area contributed by atoms with Crippen LogP contribution in [0.3, 0.4) is 0 Å². The van der Waals surface area contributed by atoms with E-state index in [-0.39, 0.29) is 17.3 Å². The summed E-state index contributed by atoms with van der Waals surface area (Å²) < 4.78 is 6.61. The van der Waals surface area contributed by atoms with Crippen molar-refractivity contribution in [2.24, 2.45) is 7.05 Å². The van der Waals surface area contributed by atoms with E-state index in [1.54, 1.807) is 14.0 Å². The van der Waals surface area contributed by atoms with Crippen LogP contribution in [0.2, 0.25) is 0 Å². The van der Waals surface area contributed by atoms with Crippen LogP contribution in [0.4, 0.5) is 0 Å². The molecule has 0 aliphatic carbocycles. The summed E-state index contributed by atoms with van der Waals surface area (Å²) in [6.07, 6.45) is 2.88. The van der Waals surface area contributed by atoms with Crippen LogP contribution in [0.1, 0.15) is 38.9 Å². The Morgan fingerprint density at radius 2 is 1.95 bits per heavy atom.